The molecule has 5 heteroatoms. The molecule has 108 valence electrons. The molecule has 19 heavy (non-hydrogen) atoms. The summed E-state index contributed by atoms with van der Waals surface area (Å²) >= 11 is 0. The molecule has 1 rings (SSSR count). The molecule has 4 nitrogen and oxygen atoms in total. The Kier molecular flexibility index (Phi) is 8.54. The van der Waals surface area contributed by atoms with Gasteiger partial charge in [-0.3, -0.25) is 0 Å². The number of hydrogen-bond acceptors (Lipinski definition) is 2. The number of nitrogens with two attached hydrogens (primary N) is 1. The third-order valence-corrected chi connectivity index (χ3v) is 2.27. The van der Waals surface area contributed by atoms with E-state index in [-0.39, 0.29) is 24.0 Å². The monoisotopic (exact) mass is 377 g/mol. The number of halogens is 1. The van der Waals surface area contributed by atoms with Crippen LogP contribution in [-0.4, -0.2) is 25.2 Å². The van der Waals surface area contributed by atoms with Crippen molar-refractivity contribution in [1.82, 2.24) is 5.32 Å². The van der Waals surface area contributed by atoms with E-state index in [9.17, 15) is 0 Å². The molecular formula is C14H24IN3O. The van der Waals surface area contributed by atoms with E-state index >= 15 is 0 Å². The van der Waals surface area contributed by atoms with E-state index in [1.54, 1.807) is 0 Å². The van der Waals surface area contributed by atoms with Gasteiger partial charge >= 0.3 is 0 Å². The van der Waals surface area contributed by atoms with Gasteiger partial charge in [-0.1, -0.05) is 6.07 Å². The molecule has 0 saturated carbocycles. The second-order valence-electron chi connectivity index (χ2n) is 4.74. The first-order valence-corrected chi connectivity index (χ1v) is 6.25. The number of benzene rings is 1. The standard InChI is InChI=1S/C14H23N3O.HI/c1-10(2)17-14(15)16-5-6-18-13-8-11(3)7-12(4)9-13;/h7-10H,5-6H2,1-4H3,(H3,15,16,17);1H. The number of guanidine groups is 1. The maximum Gasteiger partial charge on any atom is 0.188 e. The van der Waals surface area contributed by atoms with Gasteiger partial charge in [0.15, 0.2) is 5.96 Å². The molecule has 0 spiro atoms. The maximum atomic E-state index is 5.69. The predicted molar refractivity (Wildman–Crippen MR) is 91.6 cm³/mol. The Labute approximate surface area is 132 Å². The van der Waals surface area contributed by atoms with Gasteiger partial charge < -0.3 is 15.8 Å². The molecule has 1 aromatic carbocycles. The van der Waals surface area contributed by atoms with Gasteiger partial charge in [0.1, 0.15) is 12.4 Å². The zero-order chi connectivity index (χ0) is 13.5. The second kappa shape index (κ2) is 9.01. The first-order chi connectivity index (χ1) is 8.47. The molecule has 0 amide bonds. The average Bonchev–Trinajstić information content (AvgIpc) is 2.22. The lowest BCUT2D eigenvalue weighted by molar-refractivity contribution is 0.328. The molecule has 1 aromatic rings. The number of aliphatic imine (C=N–C) groups is 1. The minimum atomic E-state index is 0. The number of ether oxygens (including phenoxy) is 1. The van der Waals surface area contributed by atoms with Gasteiger partial charge in [0.25, 0.3) is 0 Å². The lowest BCUT2D eigenvalue weighted by atomic mass is 10.1. The first-order valence-electron chi connectivity index (χ1n) is 6.25. The Hall–Kier alpha value is -0.980. The van der Waals surface area contributed by atoms with Crippen LogP contribution in [-0.2, 0) is 0 Å². The summed E-state index contributed by atoms with van der Waals surface area (Å²) in [5.74, 6) is 1.35. The molecule has 0 radical (unpaired) electrons. The molecule has 0 fully saturated rings. The van der Waals surface area contributed by atoms with E-state index < -0.39 is 0 Å². The number of nitrogens with zero attached hydrogens (tertiary/aromatic N) is 1. The van der Waals surface area contributed by atoms with Crippen LogP contribution in [0.4, 0.5) is 0 Å². The van der Waals surface area contributed by atoms with Crippen LogP contribution in [0.25, 0.3) is 0 Å². The van der Waals surface area contributed by atoms with Gasteiger partial charge in [-0.25, -0.2) is 4.99 Å². The van der Waals surface area contributed by atoms with Crippen molar-refractivity contribution in [2.75, 3.05) is 13.2 Å². The Bertz CT molecular complexity index is 399. The molecule has 0 heterocycles. The summed E-state index contributed by atoms with van der Waals surface area (Å²) in [5, 5.41) is 3.03. The van der Waals surface area contributed by atoms with E-state index in [0.29, 0.717) is 25.2 Å². The van der Waals surface area contributed by atoms with Crippen LogP contribution >= 0.6 is 24.0 Å². The lowest BCUT2D eigenvalue weighted by Gasteiger charge is -2.09. The minimum absolute atomic E-state index is 0. The molecular weight excluding hydrogens is 353 g/mol. The summed E-state index contributed by atoms with van der Waals surface area (Å²) < 4.78 is 5.63. The van der Waals surface area contributed by atoms with Crippen molar-refractivity contribution < 1.29 is 4.74 Å². The van der Waals surface area contributed by atoms with Crippen LogP contribution in [0.3, 0.4) is 0 Å². The fourth-order valence-electron chi connectivity index (χ4n) is 1.69. The number of rotatable bonds is 5. The Balaban J connectivity index is 0.00000324. The third-order valence-electron chi connectivity index (χ3n) is 2.27. The summed E-state index contributed by atoms with van der Waals surface area (Å²) in [6, 6.07) is 6.46. The molecule has 0 aliphatic carbocycles. The molecule has 0 unspecified atom stereocenters. The number of aryl methyl sites for hydroxylation is 2. The summed E-state index contributed by atoms with van der Waals surface area (Å²) in [7, 11) is 0. The van der Waals surface area contributed by atoms with Crippen LogP contribution in [0.1, 0.15) is 25.0 Å². The predicted octanol–water partition coefficient (Wildman–Crippen LogP) is 2.61. The van der Waals surface area contributed by atoms with Crippen LogP contribution in [0.2, 0.25) is 0 Å². The van der Waals surface area contributed by atoms with Gasteiger partial charge in [0, 0.05) is 6.04 Å². The van der Waals surface area contributed by atoms with E-state index in [2.05, 4.69) is 30.2 Å². The molecule has 0 saturated heterocycles. The molecule has 0 atom stereocenters. The minimum Gasteiger partial charge on any atom is -0.492 e. The van der Waals surface area contributed by atoms with Crippen LogP contribution < -0.4 is 15.8 Å². The fourth-order valence-corrected chi connectivity index (χ4v) is 1.69. The number of hydrogen-bond donors (Lipinski definition) is 2. The maximum absolute atomic E-state index is 5.69. The molecule has 0 aromatic heterocycles. The lowest BCUT2D eigenvalue weighted by Crippen LogP contribution is -2.37. The quantitative estimate of drug-likeness (QED) is 0.359. The average molecular weight is 377 g/mol. The Morgan fingerprint density at radius 1 is 1.26 bits per heavy atom. The van der Waals surface area contributed by atoms with Crippen LogP contribution in [0.5, 0.6) is 5.75 Å². The smallest absolute Gasteiger partial charge is 0.188 e. The Morgan fingerprint density at radius 2 is 1.84 bits per heavy atom. The third kappa shape index (κ3) is 7.92. The highest BCUT2D eigenvalue weighted by Gasteiger charge is 1.97. The van der Waals surface area contributed by atoms with Crippen molar-refractivity contribution in [3.05, 3.63) is 29.3 Å². The summed E-state index contributed by atoms with van der Waals surface area (Å²) in [6.45, 7) is 9.25. The molecule has 0 bridgehead atoms. The topological polar surface area (TPSA) is 59.6 Å². The van der Waals surface area contributed by atoms with E-state index in [1.165, 1.54) is 11.1 Å². The zero-order valence-electron chi connectivity index (χ0n) is 12.1. The molecule has 0 aliphatic rings. The highest BCUT2D eigenvalue weighted by atomic mass is 127. The summed E-state index contributed by atoms with van der Waals surface area (Å²) in [6.07, 6.45) is 0. The van der Waals surface area contributed by atoms with Crippen molar-refractivity contribution in [3.8, 4) is 5.75 Å². The van der Waals surface area contributed by atoms with E-state index in [1.807, 2.05) is 26.0 Å². The van der Waals surface area contributed by atoms with Crippen molar-refractivity contribution >= 4 is 29.9 Å². The van der Waals surface area contributed by atoms with E-state index in [4.69, 9.17) is 10.5 Å². The molecule has 0 aliphatic heterocycles. The van der Waals surface area contributed by atoms with E-state index in [0.717, 1.165) is 5.75 Å². The summed E-state index contributed by atoms with van der Waals surface area (Å²) in [4.78, 5) is 4.18. The Morgan fingerprint density at radius 3 is 2.37 bits per heavy atom. The van der Waals surface area contributed by atoms with Gasteiger partial charge in [-0.15, -0.1) is 24.0 Å². The van der Waals surface area contributed by atoms with Gasteiger partial charge in [0.2, 0.25) is 0 Å². The first kappa shape index (κ1) is 18.0. The normalized spacial score (nSPS) is 11.1. The van der Waals surface area contributed by atoms with Gasteiger partial charge in [-0.05, 0) is 51.0 Å². The van der Waals surface area contributed by atoms with Crippen molar-refractivity contribution in [3.63, 3.8) is 0 Å². The van der Waals surface area contributed by atoms with Crippen LogP contribution in [0.15, 0.2) is 23.2 Å². The highest BCUT2D eigenvalue weighted by Crippen LogP contribution is 2.15. The largest absolute Gasteiger partial charge is 0.492 e. The summed E-state index contributed by atoms with van der Waals surface area (Å²) in [5.41, 5.74) is 8.09. The van der Waals surface area contributed by atoms with Crippen molar-refractivity contribution in [1.29, 1.82) is 0 Å². The zero-order valence-corrected chi connectivity index (χ0v) is 14.4. The molecule has 3 N–H and O–H groups in total. The van der Waals surface area contributed by atoms with Crippen LogP contribution in [0, 0.1) is 13.8 Å². The van der Waals surface area contributed by atoms with Crippen molar-refractivity contribution in [2.24, 2.45) is 10.7 Å². The van der Waals surface area contributed by atoms with Gasteiger partial charge in [0.05, 0.1) is 6.54 Å². The highest BCUT2D eigenvalue weighted by molar-refractivity contribution is 14.0. The fraction of sp³-hybridized carbons (Fsp3) is 0.500. The second-order valence-corrected chi connectivity index (χ2v) is 4.74. The van der Waals surface area contributed by atoms with Crippen molar-refractivity contribution in [2.45, 2.75) is 33.7 Å². The number of nitrogens with one attached hydrogen (secondary N) is 1. The van der Waals surface area contributed by atoms with Gasteiger partial charge in [-0.2, -0.15) is 0 Å². The SMILES string of the molecule is Cc1cc(C)cc(OCCN=C(N)NC(C)C)c1.I.